The highest BCUT2D eigenvalue weighted by atomic mass is 14.8. The average Bonchev–Trinajstić information content (AvgIpc) is 2.01. The first kappa shape index (κ1) is 11.5. The van der Waals surface area contributed by atoms with Gasteiger partial charge in [-0.25, -0.2) is 0 Å². The molecule has 0 fully saturated rings. The molecule has 1 unspecified atom stereocenters. The molecule has 0 spiro atoms. The van der Waals surface area contributed by atoms with Gasteiger partial charge in [-0.2, -0.15) is 0 Å². The highest BCUT2D eigenvalue weighted by Crippen LogP contribution is 2.13. The van der Waals surface area contributed by atoms with Gasteiger partial charge in [-0.3, -0.25) is 0 Å². The summed E-state index contributed by atoms with van der Waals surface area (Å²) < 4.78 is 0. The number of rotatable bonds is 7. The van der Waals surface area contributed by atoms with Crippen LogP contribution in [0, 0.1) is 11.8 Å². The molecule has 0 heterocycles. The zero-order chi connectivity index (χ0) is 9.40. The lowest BCUT2D eigenvalue weighted by Crippen LogP contribution is -2.10. The minimum atomic E-state index is 0.847. The molecule has 72 valence electrons. The van der Waals surface area contributed by atoms with E-state index in [-0.39, 0.29) is 0 Å². The van der Waals surface area contributed by atoms with Gasteiger partial charge in [0.15, 0.2) is 0 Å². The predicted octanol–water partition coefficient (Wildman–Crippen LogP) is 3.18. The van der Waals surface area contributed by atoms with Crippen LogP contribution in [0.5, 0.6) is 0 Å². The monoisotopic (exact) mass is 169 g/mol. The van der Waals surface area contributed by atoms with E-state index in [4.69, 9.17) is 0 Å². The first-order valence-corrected chi connectivity index (χ1v) is 5.01. The largest absolute Gasteiger partial charge is 0.391 e. The summed E-state index contributed by atoms with van der Waals surface area (Å²) in [6.45, 7) is 11.6. The molecule has 12 heavy (non-hydrogen) atoms. The van der Waals surface area contributed by atoms with Crippen molar-refractivity contribution in [1.82, 2.24) is 5.32 Å². The molecule has 0 aromatic carbocycles. The number of hydrogen-bond donors (Lipinski definition) is 1. The quantitative estimate of drug-likeness (QED) is 0.577. The van der Waals surface area contributed by atoms with Crippen molar-refractivity contribution < 1.29 is 0 Å². The Morgan fingerprint density at radius 1 is 1.17 bits per heavy atom. The molecule has 0 amide bonds. The Hall–Kier alpha value is -0.460. The van der Waals surface area contributed by atoms with Crippen molar-refractivity contribution >= 4 is 0 Å². The summed E-state index contributed by atoms with van der Waals surface area (Å²) in [4.78, 5) is 0. The topological polar surface area (TPSA) is 12.0 Å². The predicted molar refractivity (Wildman–Crippen MR) is 56.1 cm³/mol. The SMILES string of the molecule is C=CNCCC(C)CCC(C)C. The number of nitrogens with one attached hydrogen (secondary N) is 1. The molecular formula is C11H23N. The van der Waals surface area contributed by atoms with Crippen LogP contribution < -0.4 is 5.32 Å². The van der Waals surface area contributed by atoms with E-state index < -0.39 is 0 Å². The lowest BCUT2D eigenvalue weighted by atomic mass is 9.97. The molecule has 1 nitrogen and oxygen atoms in total. The first-order chi connectivity index (χ1) is 5.66. The standard InChI is InChI=1S/C11H23N/c1-5-12-9-8-11(4)7-6-10(2)3/h5,10-12H,1,6-9H2,2-4H3. The van der Waals surface area contributed by atoms with Crippen LogP contribution in [0.1, 0.15) is 40.0 Å². The van der Waals surface area contributed by atoms with Gasteiger partial charge in [0.2, 0.25) is 0 Å². The first-order valence-electron chi connectivity index (χ1n) is 5.01. The van der Waals surface area contributed by atoms with Crippen molar-refractivity contribution in [3.8, 4) is 0 Å². The summed E-state index contributed by atoms with van der Waals surface area (Å²) in [6.07, 6.45) is 5.75. The fourth-order valence-electron chi connectivity index (χ4n) is 1.19. The molecule has 1 N–H and O–H groups in total. The van der Waals surface area contributed by atoms with Gasteiger partial charge in [0.05, 0.1) is 0 Å². The molecule has 1 heteroatoms. The van der Waals surface area contributed by atoms with Crippen molar-refractivity contribution in [2.75, 3.05) is 6.54 Å². The van der Waals surface area contributed by atoms with E-state index in [0.29, 0.717) is 0 Å². The fourth-order valence-corrected chi connectivity index (χ4v) is 1.19. The van der Waals surface area contributed by atoms with Crippen LogP contribution in [-0.2, 0) is 0 Å². The van der Waals surface area contributed by atoms with Gasteiger partial charge in [-0.1, -0.05) is 40.2 Å². The van der Waals surface area contributed by atoms with Gasteiger partial charge in [-0.05, 0) is 24.5 Å². The summed E-state index contributed by atoms with van der Waals surface area (Å²) in [5, 5.41) is 3.13. The molecule has 0 rings (SSSR count). The maximum absolute atomic E-state index is 3.62. The second-order valence-electron chi connectivity index (χ2n) is 4.02. The van der Waals surface area contributed by atoms with Crippen LogP contribution in [0.2, 0.25) is 0 Å². The fraction of sp³-hybridized carbons (Fsp3) is 0.818. The van der Waals surface area contributed by atoms with E-state index in [2.05, 4.69) is 32.7 Å². The molecule has 0 saturated heterocycles. The minimum absolute atomic E-state index is 0.847. The van der Waals surface area contributed by atoms with Crippen LogP contribution in [0.3, 0.4) is 0 Å². The zero-order valence-electron chi connectivity index (χ0n) is 8.77. The third-order valence-electron chi connectivity index (χ3n) is 2.16. The summed E-state index contributed by atoms with van der Waals surface area (Å²) in [5.41, 5.74) is 0. The molecule has 0 radical (unpaired) electrons. The highest BCUT2D eigenvalue weighted by molar-refractivity contribution is 4.64. The maximum Gasteiger partial charge on any atom is 0.0143 e. The van der Waals surface area contributed by atoms with E-state index in [0.717, 1.165) is 18.4 Å². The molecule has 0 aliphatic rings. The van der Waals surface area contributed by atoms with Crippen LogP contribution in [0.4, 0.5) is 0 Å². The molecule has 0 aliphatic carbocycles. The summed E-state index contributed by atoms with van der Waals surface area (Å²) in [7, 11) is 0. The van der Waals surface area contributed by atoms with Crippen molar-refractivity contribution in [2.24, 2.45) is 11.8 Å². The smallest absolute Gasteiger partial charge is 0.0143 e. The summed E-state index contributed by atoms with van der Waals surface area (Å²) >= 11 is 0. The third-order valence-corrected chi connectivity index (χ3v) is 2.16. The molecule has 0 bridgehead atoms. The van der Waals surface area contributed by atoms with Gasteiger partial charge >= 0.3 is 0 Å². The van der Waals surface area contributed by atoms with Crippen LogP contribution in [0.25, 0.3) is 0 Å². The molecule has 0 aromatic rings. The van der Waals surface area contributed by atoms with Gasteiger partial charge < -0.3 is 5.32 Å². The maximum atomic E-state index is 3.62. The van der Waals surface area contributed by atoms with E-state index in [1.807, 2.05) is 0 Å². The van der Waals surface area contributed by atoms with Crippen LogP contribution in [-0.4, -0.2) is 6.54 Å². The lowest BCUT2D eigenvalue weighted by Gasteiger charge is -2.12. The van der Waals surface area contributed by atoms with E-state index >= 15 is 0 Å². The Bertz CT molecular complexity index is 108. The molecule has 0 aromatic heterocycles. The van der Waals surface area contributed by atoms with E-state index in [9.17, 15) is 0 Å². The molecule has 1 atom stereocenters. The van der Waals surface area contributed by atoms with Crippen LogP contribution in [0.15, 0.2) is 12.8 Å². The molecular weight excluding hydrogens is 146 g/mol. The van der Waals surface area contributed by atoms with E-state index in [1.54, 1.807) is 6.20 Å². The Kier molecular flexibility index (Phi) is 6.93. The van der Waals surface area contributed by atoms with Crippen LogP contribution >= 0.6 is 0 Å². The Morgan fingerprint density at radius 2 is 1.83 bits per heavy atom. The Labute approximate surface area is 77.2 Å². The van der Waals surface area contributed by atoms with Crippen molar-refractivity contribution in [2.45, 2.75) is 40.0 Å². The normalized spacial score (nSPS) is 13.0. The molecule has 0 aliphatic heterocycles. The van der Waals surface area contributed by atoms with Crippen molar-refractivity contribution in [3.05, 3.63) is 12.8 Å². The van der Waals surface area contributed by atoms with Crippen molar-refractivity contribution in [1.29, 1.82) is 0 Å². The Morgan fingerprint density at radius 3 is 2.33 bits per heavy atom. The zero-order valence-corrected chi connectivity index (χ0v) is 8.77. The summed E-state index contributed by atoms with van der Waals surface area (Å²) in [6, 6.07) is 0. The second-order valence-corrected chi connectivity index (χ2v) is 4.02. The second kappa shape index (κ2) is 7.20. The van der Waals surface area contributed by atoms with Gasteiger partial charge in [0.25, 0.3) is 0 Å². The summed E-state index contributed by atoms with van der Waals surface area (Å²) in [5.74, 6) is 1.69. The van der Waals surface area contributed by atoms with E-state index in [1.165, 1.54) is 19.3 Å². The van der Waals surface area contributed by atoms with Crippen molar-refractivity contribution in [3.63, 3.8) is 0 Å². The van der Waals surface area contributed by atoms with Gasteiger partial charge in [-0.15, -0.1) is 0 Å². The lowest BCUT2D eigenvalue weighted by molar-refractivity contribution is 0.426. The van der Waals surface area contributed by atoms with Gasteiger partial charge in [0, 0.05) is 6.54 Å². The molecule has 0 saturated carbocycles. The van der Waals surface area contributed by atoms with Gasteiger partial charge in [0.1, 0.15) is 0 Å². The third kappa shape index (κ3) is 7.64. The minimum Gasteiger partial charge on any atom is -0.391 e. The highest BCUT2D eigenvalue weighted by Gasteiger charge is 2.02. The Balaban J connectivity index is 3.21. The average molecular weight is 169 g/mol. The number of hydrogen-bond acceptors (Lipinski definition) is 1.